The third kappa shape index (κ3) is 3.44. The second-order valence-corrected chi connectivity index (χ2v) is 6.18. The molecule has 26 heavy (non-hydrogen) atoms. The topological polar surface area (TPSA) is 78.7 Å². The zero-order valence-electron chi connectivity index (χ0n) is 14.5. The molecule has 0 unspecified atom stereocenters. The maximum Gasteiger partial charge on any atom is 0.224 e. The van der Waals surface area contributed by atoms with E-state index in [2.05, 4.69) is 25.2 Å². The number of carbonyl (C=O) groups is 1. The fraction of sp³-hybridized carbons (Fsp3) is 0.333. The predicted molar refractivity (Wildman–Crippen MR) is 99.1 cm³/mol. The Morgan fingerprint density at radius 3 is 2.77 bits per heavy atom. The van der Waals surface area contributed by atoms with E-state index in [1.54, 1.807) is 24.8 Å². The average Bonchev–Trinajstić information content (AvgIpc) is 3.12. The number of hydrogen-bond acceptors (Lipinski definition) is 6. The van der Waals surface area contributed by atoms with Crippen molar-refractivity contribution in [2.24, 2.45) is 0 Å². The minimum absolute atomic E-state index is 0.175. The van der Waals surface area contributed by atoms with E-state index in [-0.39, 0.29) is 5.91 Å². The maximum absolute atomic E-state index is 12.5. The summed E-state index contributed by atoms with van der Waals surface area (Å²) in [5, 5.41) is 3.28. The number of aromatic nitrogens is 4. The Balaban J connectivity index is 1.26. The standard InChI is InChI=1S/C18H21N7O/c26-18(4-6-21-17-14-22-16-13-19-7-8-25(16)17)24-11-9-23(10-12-24)15-3-1-2-5-20-15/h1-3,5,7-8,13-14,21H,4,6,9-12H2. The molecule has 3 aromatic heterocycles. The number of nitrogens with zero attached hydrogens (tertiary/aromatic N) is 6. The molecule has 0 saturated carbocycles. The normalized spacial score (nSPS) is 14.6. The highest BCUT2D eigenvalue weighted by molar-refractivity contribution is 5.77. The van der Waals surface area contributed by atoms with E-state index in [0.29, 0.717) is 13.0 Å². The SMILES string of the molecule is O=C(CCNc1cnc2cnccn12)N1CCN(c2ccccn2)CC1. The van der Waals surface area contributed by atoms with Crippen LogP contribution in [0.25, 0.3) is 5.65 Å². The average molecular weight is 351 g/mol. The highest BCUT2D eigenvalue weighted by atomic mass is 16.2. The smallest absolute Gasteiger partial charge is 0.224 e. The van der Waals surface area contributed by atoms with Gasteiger partial charge in [0.2, 0.25) is 5.91 Å². The van der Waals surface area contributed by atoms with Gasteiger partial charge < -0.3 is 15.1 Å². The molecule has 1 fully saturated rings. The van der Waals surface area contributed by atoms with Crippen LogP contribution in [0, 0.1) is 0 Å². The lowest BCUT2D eigenvalue weighted by atomic mass is 10.2. The van der Waals surface area contributed by atoms with E-state index >= 15 is 0 Å². The van der Waals surface area contributed by atoms with Crippen LogP contribution in [-0.2, 0) is 4.79 Å². The molecule has 1 N–H and O–H groups in total. The lowest BCUT2D eigenvalue weighted by Gasteiger charge is -2.35. The molecule has 0 atom stereocenters. The number of fused-ring (bicyclic) bond motifs is 1. The van der Waals surface area contributed by atoms with Gasteiger partial charge in [-0.3, -0.25) is 14.2 Å². The number of nitrogens with one attached hydrogen (secondary N) is 1. The third-order valence-corrected chi connectivity index (χ3v) is 4.57. The van der Waals surface area contributed by atoms with E-state index in [4.69, 9.17) is 0 Å². The van der Waals surface area contributed by atoms with Crippen molar-refractivity contribution >= 4 is 23.2 Å². The molecule has 1 amide bonds. The quantitative estimate of drug-likeness (QED) is 0.746. The molecule has 0 bridgehead atoms. The molecule has 1 aliphatic heterocycles. The van der Waals surface area contributed by atoms with Crippen molar-refractivity contribution in [3.05, 3.63) is 49.2 Å². The summed E-state index contributed by atoms with van der Waals surface area (Å²) in [5.41, 5.74) is 0.784. The molecule has 1 saturated heterocycles. The molecule has 3 aromatic rings. The van der Waals surface area contributed by atoms with Gasteiger partial charge in [-0.25, -0.2) is 9.97 Å². The molecular formula is C18H21N7O. The minimum Gasteiger partial charge on any atom is -0.369 e. The Morgan fingerprint density at radius 1 is 1.08 bits per heavy atom. The Hall–Kier alpha value is -3.16. The number of anilines is 2. The first-order chi connectivity index (χ1) is 12.8. The number of piperazine rings is 1. The Labute approximate surface area is 151 Å². The molecular weight excluding hydrogens is 330 g/mol. The van der Waals surface area contributed by atoms with Gasteiger partial charge in [-0.05, 0) is 12.1 Å². The Kier molecular flexibility index (Phi) is 4.63. The van der Waals surface area contributed by atoms with Crippen molar-refractivity contribution in [3.63, 3.8) is 0 Å². The summed E-state index contributed by atoms with van der Waals surface area (Å²) in [6, 6.07) is 5.91. The number of carbonyl (C=O) groups excluding carboxylic acids is 1. The van der Waals surface area contributed by atoms with Crippen molar-refractivity contribution in [3.8, 4) is 0 Å². The molecule has 134 valence electrons. The number of hydrogen-bond donors (Lipinski definition) is 1. The van der Waals surface area contributed by atoms with Gasteiger partial charge >= 0.3 is 0 Å². The molecule has 0 radical (unpaired) electrons. The van der Waals surface area contributed by atoms with Crippen LogP contribution in [-0.4, -0.2) is 62.9 Å². The van der Waals surface area contributed by atoms with Crippen LogP contribution in [0.3, 0.4) is 0 Å². The van der Waals surface area contributed by atoms with Gasteiger partial charge in [-0.1, -0.05) is 6.07 Å². The minimum atomic E-state index is 0.175. The summed E-state index contributed by atoms with van der Waals surface area (Å²) in [6.45, 7) is 3.68. The summed E-state index contributed by atoms with van der Waals surface area (Å²) >= 11 is 0. The van der Waals surface area contributed by atoms with Crippen molar-refractivity contribution in [1.82, 2.24) is 24.3 Å². The summed E-state index contributed by atoms with van der Waals surface area (Å²) in [7, 11) is 0. The molecule has 4 heterocycles. The number of pyridine rings is 1. The lowest BCUT2D eigenvalue weighted by molar-refractivity contribution is -0.131. The highest BCUT2D eigenvalue weighted by Gasteiger charge is 2.21. The van der Waals surface area contributed by atoms with Crippen molar-refractivity contribution in [2.75, 3.05) is 42.9 Å². The van der Waals surface area contributed by atoms with E-state index in [1.165, 1.54) is 0 Å². The first kappa shape index (κ1) is 16.3. The lowest BCUT2D eigenvalue weighted by Crippen LogP contribution is -2.49. The molecule has 1 aliphatic rings. The summed E-state index contributed by atoms with van der Waals surface area (Å²) in [5.74, 6) is 2.02. The van der Waals surface area contributed by atoms with Crippen molar-refractivity contribution in [1.29, 1.82) is 0 Å². The number of imidazole rings is 1. The van der Waals surface area contributed by atoms with Crippen LogP contribution in [0.5, 0.6) is 0 Å². The monoisotopic (exact) mass is 351 g/mol. The molecule has 8 heteroatoms. The number of amides is 1. The zero-order chi connectivity index (χ0) is 17.8. The molecule has 0 aromatic carbocycles. The van der Waals surface area contributed by atoms with E-state index < -0.39 is 0 Å². The van der Waals surface area contributed by atoms with E-state index in [1.807, 2.05) is 33.7 Å². The van der Waals surface area contributed by atoms with Crippen LogP contribution in [0.4, 0.5) is 11.6 Å². The van der Waals surface area contributed by atoms with Gasteiger partial charge in [0, 0.05) is 57.7 Å². The van der Waals surface area contributed by atoms with Crippen molar-refractivity contribution in [2.45, 2.75) is 6.42 Å². The van der Waals surface area contributed by atoms with Crippen LogP contribution in [0.15, 0.2) is 49.2 Å². The van der Waals surface area contributed by atoms with Gasteiger partial charge in [0.05, 0.1) is 12.4 Å². The zero-order valence-corrected chi connectivity index (χ0v) is 14.5. The fourth-order valence-corrected chi connectivity index (χ4v) is 3.15. The van der Waals surface area contributed by atoms with Crippen LogP contribution >= 0.6 is 0 Å². The second kappa shape index (κ2) is 7.38. The Bertz CT molecular complexity index is 871. The van der Waals surface area contributed by atoms with Gasteiger partial charge in [-0.2, -0.15) is 0 Å². The molecule has 0 aliphatic carbocycles. The Morgan fingerprint density at radius 2 is 1.96 bits per heavy atom. The van der Waals surface area contributed by atoms with Crippen LogP contribution < -0.4 is 10.2 Å². The summed E-state index contributed by atoms with van der Waals surface area (Å²) in [4.78, 5) is 29.3. The number of rotatable bonds is 5. The summed E-state index contributed by atoms with van der Waals surface area (Å²) in [6.07, 6.45) is 9.29. The molecule has 8 nitrogen and oxygen atoms in total. The van der Waals surface area contributed by atoms with E-state index in [9.17, 15) is 4.79 Å². The van der Waals surface area contributed by atoms with Crippen LogP contribution in [0.2, 0.25) is 0 Å². The predicted octanol–water partition coefficient (Wildman–Crippen LogP) is 1.28. The van der Waals surface area contributed by atoms with Crippen molar-refractivity contribution < 1.29 is 4.79 Å². The van der Waals surface area contributed by atoms with Gasteiger partial charge in [-0.15, -0.1) is 0 Å². The van der Waals surface area contributed by atoms with E-state index in [0.717, 1.165) is 43.5 Å². The molecule has 0 spiro atoms. The maximum atomic E-state index is 12.5. The van der Waals surface area contributed by atoms with Gasteiger partial charge in [0.15, 0.2) is 5.65 Å². The van der Waals surface area contributed by atoms with Gasteiger partial charge in [0.25, 0.3) is 0 Å². The van der Waals surface area contributed by atoms with Crippen LogP contribution in [0.1, 0.15) is 6.42 Å². The fourth-order valence-electron chi connectivity index (χ4n) is 3.15. The largest absolute Gasteiger partial charge is 0.369 e. The first-order valence-electron chi connectivity index (χ1n) is 8.76. The summed E-state index contributed by atoms with van der Waals surface area (Å²) < 4.78 is 1.92. The van der Waals surface area contributed by atoms with Gasteiger partial charge in [0.1, 0.15) is 11.6 Å². The molecule has 4 rings (SSSR count). The third-order valence-electron chi connectivity index (χ3n) is 4.57. The second-order valence-electron chi connectivity index (χ2n) is 6.18. The highest BCUT2D eigenvalue weighted by Crippen LogP contribution is 2.13. The first-order valence-corrected chi connectivity index (χ1v) is 8.76.